The molecule has 2 rings (SSSR count). The molecule has 1 saturated heterocycles. The molecule has 1 aliphatic heterocycles. The summed E-state index contributed by atoms with van der Waals surface area (Å²) in [5.41, 5.74) is 0.377. The first kappa shape index (κ1) is 12.5. The van der Waals surface area contributed by atoms with Crippen molar-refractivity contribution < 1.29 is 13.9 Å². The van der Waals surface area contributed by atoms with Crippen LogP contribution in [0.3, 0.4) is 0 Å². The molecule has 0 N–H and O–H groups in total. The Labute approximate surface area is 105 Å². The number of carbonyl (C=O) groups is 1. The van der Waals surface area contributed by atoms with E-state index in [2.05, 4.69) is 0 Å². The number of carbonyl (C=O) groups excluding carboxylic acids is 1. The first-order valence-electron chi connectivity index (χ1n) is 5.73. The zero-order chi connectivity index (χ0) is 13.0. The van der Waals surface area contributed by atoms with Crippen LogP contribution in [0.5, 0.6) is 0 Å². The summed E-state index contributed by atoms with van der Waals surface area (Å²) < 4.78 is 18.6. The molecule has 1 amide bonds. The van der Waals surface area contributed by atoms with E-state index in [1.54, 1.807) is 23.1 Å². The lowest BCUT2D eigenvalue weighted by Crippen LogP contribution is -2.45. The molecule has 1 atom stereocenters. The standard InChI is InChI=1S/C13H13FN2O2/c14-12-4-2-1-3-10(12)7-13(17)16-5-6-18-11(8-15)9-16/h1-4,11H,5-7,9H2. The number of morpholine rings is 1. The quantitative estimate of drug-likeness (QED) is 0.788. The third kappa shape index (κ3) is 2.84. The van der Waals surface area contributed by atoms with E-state index in [0.29, 0.717) is 18.7 Å². The molecule has 94 valence electrons. The van der Waals surface area contributed by atoms with Gasteiger partial charge < -0.3 is 9.64 Å². The van der Waals surface area contributed by atoms with Crippen LogP contribution in [0, 0.1) is 17.1 Å². The second-order valence-corrected chi connectivity index (χ2v) is 4.10. The smallest absolute Gasteiger partial charge is 0.227 e. The molecule has 1 unspecified atom stereocenters. The second kappa shape index (κ2) is 5.61. The summed E-state index contributed by atoms with van der Waals surface area (Å²) in [6.45, 7) is 1.05. The average Bonchev–Trinajstić information content (AvgIpc) is 2.41. The lowest BCUT2D eigenvalue weighted by Gasteiger charge is -2.29. The molecule has 4 nitrogen and oxygen atoms in total. The summed E-state index contributed by atoms with van der Waals surface area (Å²) in [7, 11) is 0. The van der Waals surface area contributed by atoms with Crippen molar-refractivity contribution in [1.29, 1.82) is 5.26 Å². The molecule has 1 heterocycles. The maximum Gasteiger partial charge on any atom is 0.227 e. The summed E-state index contributed by atoms with van der Waals surface area (Å²) in [5.74, 6) is -0.556. The van der Waals surface area contributed by atoms with Gasteiger partial charge in [-0.25, -0.2) is 4.39 Å². The minimum atomic E-state index is -0.580. The lowest BCUT2D eigenvalue weighted by atomic mass is 10.1. The second-order valence-electron chi connectivity index (χ2n) is 4.10. The Morgan fingerprint density at radius 3 is 3.06 bits per heavy atom. The van der Waals surface area contributed by atoms with Crippen LogP contribution in [-0.4, -0.2) is 36.6 Å². The minimum Gasteiger partial charge on any atom is -0.360 e. The number of benzene rings is 1. The Morgan fingerprint density at radius 2 is 2.33 bits per heavy atom. The van der Waals surface area contributed by atoms with Crippen molar-refractivity contribution in [2.24, 2.45) is 0 Å². The van der Waals surface area contributed by atoms with Crippen molar-refractivity contribution in [3.63, 3.8) is 0 Å². The third-order valence-corrected chi connectivity index (χ3v) is 2.86. The molecule has 0 aromatic heterocycles. The fourth-order valence-electron chi connectivity index (χ4n) is 1.87. The molecule has 1 aromatic rings. The monoisotopic (exact) mass is 248 g/mol. The molecule has 0 spiro atoms. The number of rotatable bonds is 2. The Hall–Kier alpha value is -1.93. The van der Waals surface area contributed by atoms with Crippen LogP contribution in [0.15, 0.2) is 24.3 Å². The Balaban J connectivity index is 2.00. The van der Waals surface area contributed by atoms with Crippen LogP contribution in [0.25, 0.3) is 0 Å². The average molecular weight is 248 g/mol. The van der Waals surface area contributed by atoms with E-state index in [9.17, 15) is 9.18 Å². The highest BCUT2D eigenvalue weighted by Crippen LogP contribution is 2.11. The molecular weight excluding hydrogens is 235 g/mol. The predicted octanol–water partition coefficient (Wildman–Crippen LogP) is 1.12. The normalized spacial score (nSPS) is 19.3. The predicted molar refractivity (Wildman–Crippen MR) is 62.0 cm³/mol. The van der Waals surface area contributed by atoms with E-state index in [1.807, 2.05) is 6.07 Å². The molecule has 0 aliphatic carbocycles. The molecule has 1 aromatic carbocycles. The van der Waals surface area contributed by atoms with Crippen molar-refractivity contribution in [2.75, 3.05) is 19.7 Å². The van der Waals surface area contributed by atoms with Gasteiger partial charge in [-0.3, -0.25) is 4.79 Å². The van der Waals surface area contributed by atoms with Gasteiger partial charge in [0, 0.05) is 6.54 Å². The van der Waals surface area contributed by atoms with E-state index in [4.69, 9.17) is 10.00 Å². The van der Waals surface area contributed by atoms with E-state index >= 15 is 0 Å². The fraction of sp³-hybridized carbons (Fsp3) is 0.385. The van der Waals surface area contributed by atoms with Crippen molar-refractivity contribution in [2.45, 2.75) is 12.5 Å². The van der Waals surface area contributed by atoms with Crippen LogP contribution >= 0.6 is 0 Å². The maximum atomic E-state index is 13.4. The molecule has 5 heteroatoms. The summed E-state index contributed by atoms with van der Waals surface area (Å²) in [6, 6.07) is 8.18. The SMILES string of the molecule is N#CC1CN(C(=O)Cc2ccccc2F)CCO1. The number of hydrogen-bond donors (Lipinski definition) is 0. The Bertz CT molecular complexity index is 484. The third-order valence-electron chi connectivity index (χ3n) is 2.86. The van der Waals surface area contributed by atoms with Gasteiger partial charge in [-0.15, -0.1) is 0 Å². The summed E-state index contributed by atoms with van der Waals surface area (Å²) in [5, 5.41) is 8.75. The summed E-state index contributed by atoms with van der Waals surface area (Å²) in [6.07, 6.45) is -0.562. The van der Waals surface area contributed by atoms with Gasteiger partial charge in [0.25, 0.3) is 0 Å². The topological polar surface area (TPSA) is 53.3 Å². The van der Waals surface area contributed by atoms with Crippen LogP contribution in [0.1, 0.15) is 5.56 Å². The molecule has 0 bridgehead atoms. The lowest BCUT2D eigenvalue weighted by molar-refractivity contribution is -0.136. The molecule has 0 saturated carbocycles. The molecule has 18 heavy (non-hydrogen) atoms. The Morgan fingerprint density at radius 1 is 1.56 bits per heavy atom. The van der Waals surface area contributed by atoms with E-state index in [-0.39, 0.29) is 24.7 Å². The van der Waals surface area contributed by atoms with Crippen molar-refractivity contribution in [1.82, 2.24) is 4.90 Å². The maximum absolute atomic E-state index is 13.4. The number of hydrogen-bond acceptors (Lipinski definition) is 3. The van der Waals surface area contributed by atoms with Crippen LogP contribution in [-0.2, 0) is 16.0 Å². The van der Waals surface area contributed by atoms with Crippen LogP contribution < -0.4 is 0 Å². The number of ether oxygens (including phenoxy) is 1. The number of amides is 1. The van der Waals surface area contributed by atoms with Crippen molar-refractivity contribution in [3.8, 4) is 6.07 Å². The molecular formula is C13H13FN2O2. The van der Waals surface area contributed by atoms with Crippen molar-refractivity contribution in [3.05, 3.63) is 35.6 Å². The van der Waals surface area contributed by atoms with Gasteiger partial charge in [0.15, 0.2) is 6.10 Å². The van der Waals surface area contributed by atoms with Gasteiger partial charge in [0.1, 0.15) is 5.82 Å². The zero-order valence-electron chi connectivity index (χ0n) is 9.80. The highest BCUT2D eigenvalue weighted by molar-refractivity contribution is 5.79. The van der Waals surface area contributed by atoms with Gasteiger partial charge >= 0.3 is 0 Å². The van der Waals surface area contributed by atoms with Gasteiger partial charge in [-0.05, 0) is 11.6 Å². The number of nitriles is 1. The van der Waals surface area contributed by atoms with Gasteiger partial charge in [0.2, 0.25) is 5.91 Å². The number of nitrogens with zero attached hydrogens (tertiary/aromatic N) is 2. The van der Waals surface area contributed by atoms with Gasteiger partial charge in [-0.2, -0.15) is 5.26 Å². The number of halogens is 1. The first-order chi connectivity index (χ1) is 8.70. The highest BCUT2D eigenvalue weighted by Gasteiger charge is 2.24. The van der Waals surface area contributed by atoms with Gasteiger partial charge in [0.05, 0.1) is 25.6 Å². The minimum absolute atomic E-state index is 0.0187. The molecule has 1 aliphatic rings. The van der Waals surface area contributed by atoms with Crippen molar-refractivity contribution >= 4 is 5.91 Å². The van der Waals surface area contributed by atoms with E-state index in [1.165, 1.54) is 6.07 Å². The highest BCUT2D eigenvalue weighted by atomic mass is 19.1. The van der Waals surface area contributed by atoms with Crippen LogP contribution in [0.2, 0.25) is 0 Å². The zero-order valence-corrected chi connectivity index (χ0v) is 9.80. The Kier molecular flexibility index (Phi) is 3.90. The van der Waals surface area contributed by atoms with E-state index < -0.39 is 6.10 Å². The molecule has 1 fully saturated rings. The van der Waals surface area contributed by atoms with E-state index in [0.717, 1.165) is 0 Å². The fourth-order valence-corrected chi connectivity index (χ4v) is 1.87. The summed E-state index contributed by atoms with van der Waals surface area (Å²) >= 11 is 0. The van der Waals surface area contributed by atoms with Gasteiger partial charge in [-0.1, -0.05) is 18.2 Å². The largest absolute Gasteiger partial charge is 0.360 e. The summed E-state index contributed by atoms with van der Waals surface area (Å²) in [4.78, 5) is 13.5. The molecule has 0 radical (unpaired) electrons. The van der Waals surface area contributed by atoms with Crippen LogP contribution in [0.4, 0.5) is 4.39 Å². The first-order valence-corrected chi connectivity index (χ1v) is 5.73.